The molecule has 0 aliphatic rings. The fourth-order valence-electron chi connectivity index (χ4n) is 3.19. The van der Waals surface area contributed by atoms with E-state index in [2.05, 4.69) is 48.8 Å². The zero-order chi connectivity index (χ0) is 21.6. The molecule has 0 aliphatic heterocycles. The van der Waals surface area contributed by atoms with Crippen LogP contribution in [0.1, 0.15) is 30.9 Å². The van der Waals surface area contributed by atoms with E-state index >= 15 is 0 Å². The molecule has 0 aliphatic carbocycles. The normalized spacial score (nSPS) is 11.2. The van der Waals surface area contributed by atoms with Gasteiger partial charge in [0, 0.05) is 28.3 Å². The first-order valence-corrected chi connectivity index (χ1v) is 11.2. The molecule has 4 heteroatoms. The number of hydrogen-bond donors (Lipinski definition) is 1. The van der Waals surface area contributed by atoms with E-state index in [9.17, 15) is 4.79 Å². The van der Waals surface area contributed by atoms with Crippen molar-refractivity contribution in [2.75, 3.05) is 5.32 Å². The Morgan fingerprint density at radius 3 is 2.29 bits per heavy atom. The minimum atomic E-state index is -0.152. The van der Waals surface area contributed by atoms with Crippen LogP contribution in [-0.4, -0.2) is 10.9 Å². The number of carbonyl (C=O) groups is 1. The molecule has 3 aromatic carbocycles. The van der Waals surface area contributed by atoms with Crippen molar-refractivity contribution < 1.29 is 4.79 Å². The molecule has 0 radical (unpaired) electrons. The van der Waals surface area contributed by atoms with Crippen LogP contribution in [0.5, 0.6) is 0 Å². The highest BCUT2D eigenvalue weighted by Gasteiger charge is 2.07. The number of amides is 1. The number of hydrogen-bond acceptors (Lipinski definition) is 3. The number of anilines is 1. The molecule has 1 amide bonds. The molecule has 0 unspecified atom stereocenters. The van der Waals surface area contributed by atoms with Gasteiger partial charge in [-0.1, -0.05) is 80.6 Å². The largest absolute Gasteiger partial charge is 0.323 e. The summed E-state index contributed by atoms with van der Waals surface area (Å²) in [5, 5.41) is 5.97. The van der Waals surface area contributed by atoms with Crippen LogP contribution in [0.25, 0.3) is 27.9 Å². The predicted molar refractivity (Wildman–Crippen MR) is 131 cm³/mol. The second-order valence-corrected chi connectivity index (χ2v) is 8.48. The minimum absolute atomic E-state index is 0.152. The van der Waals surface area contributed by atoms with E-state index < -0.39 is 0 Å². The standard InChI is InChI=1S/C27H24N2OS/c1-19(2)21-11-8-20(9-12-21)10-17-26(30)28-24-15-13-22(14-16-24)25-18-31-27(29-25)23-6-4-3-5-7-23/h3-19H,1-2H3,(H,28,30)/b17-10+. The second-order valence-electron chi connectivity index (χ2n) is 7.63. The molecular weight excluding hydrogens is 400 g/mol. The maximum absolute atomic E-state index is 12.3. The average Bonchev–Trinajstić information content (AvgIpc) is 3.29. The highest BCUT2D eigenvalue weighted by atomic mass is 32.1. The van der Waals surface area contributed by atoms with E-state index in [1.165, 1.54) is 5.56 Å². The maximum atomic E-state index is 12.3. The van der Waals surface area contributed by atoms with Gasteiger partial charge in [0.05, 0.1) is 5.69 Å². The number of thiazole rings is 1. The van der Waals surface area contributed by atoms with E-state index in [1.54, 1.807) is 17.4 Å². The second kappa shape index (κ2) is 9.54. The topological polar surface area (TPSA) is 42.0 Å². The van der Waals surface area contributed by atoms with Gasteiger partial charge >= 0.3 is 0 Å². The van der Waals surface area contributed by atoms with Crippen LogP contribution in [0.4, 0.5) is 5.69 Å². The molecule has 0 fully saturated rings. The molecule has 154 valence electrons. The zero-order valence-corrected chi connectivity index (χ0v) is 18.4. The van der Waals surface area contributed by atoms with E-state index in [-0.39, 0.29) is 5.91 Å². The molecule has 1 heterocycles. The van der Waals surface area contributed by atoms with Crippen LogP contribution in [0, 0.1) is 0 Å². The van der Waals surface area contributed by atoms with E-state index in [0.29, 0.717) is 5.92 Å². The van der Waals surface area contributed by atoms with Crippen molar-refractivity contribution in [1.82, 2.24) is 4.98 Å². The summed E-state index contributed by atoms with van der Waals surface area (Å²) in [5.41, 5.74) is 6.13. The molecule has 1 N–H and O–H groups in total. The Morgan fingerprint density at radius 1 is 0.903 bits per heavy atom. The number of rotatable bonds is 6. The number of nitrogens with one attached hydrogen (secondary N) is 1. The third-order valence-corrected chi connectivity index (χ3v) is 5.89. The zero-order valence-electron chi connectivity index (χ0n) is 17.6. The summed E-state index contributed by atoms with van der Waals surface area (Å²) in [6.07, 6.45) is 3.39. The van der Waals surface area contributed by atoms with Crippen LogP contribution in [0.2, 0.25) is 0 Å². The molecule has 31 heavy (non-hydrogen) atoms. The lowest BCUT2D eigenvalue weighted by Gasteiger charge is -2.05. The molecule has 0 bridgehead atoms. The molecule has 0 atom stereocenters. The molecular formula is C27H24N2OS. The first-order chi connectivity index (χ1) is 15.1. The molecule has 4 rings (SSSR count). The lowest BCUT2D eigenvalue weighted by atomic mass is 10.0. The van der Waals surface area contributed by atoms with E-state index in [4.69, 9.17) is 4.98 Å². The van der Waals surface area contributed by atoms with Gasteiger partial charge in [0.25, 0.3) is 0 Å². The average molecular weight is 425 g/mol. The van der Waals surface area contributed by atoms with Crippen LogP contribution >= 0.6 is 11.3 Å². The summed E-state index contributed by atoms with van der Waals surface area (Å²) < 4.78 is 0. The molecule has 0 saturated heterocycles. The summed E-state index contributed by atoms with van der Waals surface area (Å²) in [5.74, 6) is 0.346. The molecule has 4 aromatic rings. The van der Waals surface area contributed by atoms with Crippen LogP contribution in [0.3, 0.4) is 0 Å². The summed E-state index contributed by atoms with van der Waals surface area (Å²) >= 11 is 1.63. The number of aromatic nitrogens is 1. The number of nitrogens with zero attached hydrogens (tertiary/aromatic N) is 1. The maximum Gasteiger partial charge on any atom is 0.248 e. The van der Waals surface area contributed by atoms with Gasteiger partial charge in [-0.15, -0.1) is 11.3 Å². The minimum Gasteiger partial charge on any atom is -0.323 e. The van der Waals surface area contributed by atoms with Gasteiger partial charge < -0.3 is 5.32 Å². The summed E-state index contributed by atoms with van der Waals surface area (Å²) in [6.45, 7) is 4.33. The van der Waals surface area contributed by atoms with Crippen LogP contribution in [0.15, 0.2) is 90.3 Å². The highest BCUT2D eigenvalue weighted by Crippen LogP contribution is 2.29. The molecule has 0 spiro atoms. The van der Waals surface area contributed by atoms with Crippen molar-refractivity contribution in [2.24, 2.45) is 0 Å². The van der Waals surface area contributed by atoms with Crippen molar-refractivity contribution in [2.45, 2.75) is 19.8 Å². The van der Waals surface area contributed by atoms with Crippen molar-refractivity contribution in [3.63, 3.8) is 0 Å². The van der Waals surface area contributed by atoms with Gasteiger partial charge in [-0.25, -0.2) is 4.98 Å². The Labute approximate surface area is 187 Å². The number of carbonyl (C=O) groups excluding carboxylic acids is 1. The third kappa shape index (κ3) is 5.36. The van der Waals surface area contributed by atoms with E-state index in [1.807, 2.05) is 60.7 Å². The van der Waals surface area contributed by atoms with Gasteiger partial charge in [-0.3, -0.25) is 4.79 Å². The first kappa shape index (κ1) is 20.8. The van der Waals surface area contributed by atoms with Crippen molar-refractivity contribution >= 4 is 29.0 Å². The Balaban J connectivity index is 1.38. The number of benzene rings is 3. The van der Waals surface area contributed by atoms with Crippen LogP contribution < -0.4 is 5.32 Å². The quantitative estimate of drug-likeness (QED) is 0.331. The fraction of sp³-hybridized carbons (Fsp3) is 0.111. The van der Waals surface area contributed by atoms with Gasteiger partial charge in [-0.2, -0.15) is 0 Å². The van der Waals surface area contributed by atoms with Gasteiger partial charge in [0.1, 0.15) is 5.01 Å². The SMILES string of the molecule is CC(C)c1ccc(/C=C/C(=O)Nc2ccc(-c3csc(-c4ccccc4)n3)cc2)cc1. The fourth-order valence-corrected chi connectivity index (χ4v) is 4.03. The third-order valence-electron chi connectivity index (χ3n) is 5.00. The van der Waals surface area contributed by atoms with Crippen molar-refractivity contribution in [3.05, 3.63) is 101 Å². The lowest BCUT2D eigenvalue weighted by molar-refractivity contribution is -0.111. The molecule has 0 saturated carbocycles. The van der Waals surface area contributed by atoms with E-state index in [0.717, 1.165) is 33.1 Å². The Hall–Kier alpha value is -3.50. The lowest BCUT2D eigenvalue weighted by Crippen LogP contribution is -2.07. The Bertz CT molecular complexity index is 1170. The molecule has 1 aromatic heterocycles. The van der Waals surface area contributed by atoms with Gasteiger partial charge in [-0.05, 0) is 35.3 Å². The summed E-state index contributed by atoms with van der Waals surface area (Å²) in [7, 11) is 0. The smallest absolute Gasteiger partial charge is 0.248 e. The monoisotopic (exact) mass is 424 g/mol. The predicted octanol–water partition coefficient (Wildman–Crippen LogP) is 7.25. The van der Waals surface area contributed by atoms with Gasteiger partial charge in [0.2, 0.25) is 5.91 Å². The summed E-state index contributed by atoms with van der Waals surface area (Å²) in [6, 6.07) is 26.2. The van der Waals surface area contributed by atoms with Crippen LogP contribution in [-0.2, 0) is 4.79 Å². The first-order valence-electron chi connectivity index (χ1n) is 10.3. The van der Waals surface area contributed by atoms with Gasteiger partial charge in [0.15, 0.2) is 0 Å². The Morgan fingerprint density at radius 2 is 1.61 bits per heavy atom. The van der Waals surface area contributed by atoms with Crippen molar-refractivity contribution in [1.29, 1.82) is 0 Å². The highest BCUT2D eigenvalue weighted by molar-refractivity contribution is 7.13. The molecule has 3 nitrogen and oxygen atoms in total. The summed E-state index contributed by atoms with van der Waals surface area (Å²) in [4.78, 5) is 17.0. The van der Waals surface area contributed by atoms with Crippen molar-refractivity contribution in [3.8, 4) is 21.8 Å². The Kier molecular flexibility index (Phi) is 6.39.